The van der Waals surface area contributed by atoms with E-state index in [1.54, 1.807) is 6.92 Å². The molecule has 2 rings (SSSR count). The van der Waals surface area contributed by atoms with Gasteiger partial charge < -0.3 is 5.11 Å². The number of hydrogen-bond donors (Lipinski definition) is 2. The Balaban J connectivity index is 2.26. The van der Waals surface area contributed by atoms with Crippen LogP contribution < -0.4 is 5.43 Å². The van der Waals surface area contributed by atoms with E-state index in [4.69, 9.17) is 0 Å². The van der Waals surface area contributed by atoms with Crippen LogP contribution in [0.3, 0.4) is 0 Å². The zero-order valence-electron chi connectivity index (χ0n) is 8.67. The predicted molar refractivity (Wildman–Crippen MR) is 57.9 cm³/mol. The number of hydrogen-bond acceptors (Lipinski definition) is 5. The van der Waals surface area contributed by atoms with Gasteiger partial charge in [-0.1, -0.05) is 0 Å². The van der Waals surface area contributed by atoms with E-state index in [1.807, 2.05) is 0 Å². The zero-order chi connectivity index (χ0) is 11.8. The molecule has 1 atom stereocenters. The van der Waals surface area contributed by atoms with Gasteiger partial charge in [-0.3, -0.25) is 15.5 Å². The van der Waals surface area contributed by atoms with E-state index in [0.717, 1.165) is 5.71 Å². The Hall–Kier alpha value is -1.95. The van der Waals surface area contributed by atoms with E-state index in [1.165, 1.54) is 24.3 Å². The first-order valence-corrected chi connectivity index (χ1v) is 4.79. The van der Waals surface area contributed by atoms with Gasteiger partial charge in [0.1, 0.15) is 0 Å². The fraction of sp³-hybridized carbons (Fsp3) is 0.300. The molecule has 2 N–H and O–H groups in total. The average Bonchev–Trinajstić information content (AvgIpc) is 2.60. The lowest BCUT2D eigenvalue weighted by Crippen LogP contribution is -2.35. The van der Waals surface area contributed by atoms with E-state index in [-0.39, 0.29) is 5.69 Å². The minimum atomic E-state index is -1.24. The van der Waals surface area contributed by atoms with Crippen LogP contribution in [0.1, 0.15) is 18.9 Å². The molecule has 6 nitrogen and oxygen atoms in total. The lowest BCUT2D eigenvalue weighted by molar-refractivity contribution is -0.384. The molecule has 84 valence electrons. The highest BCUT2D eigenvalue weighted by Gasteiger charge is 2.34. The second kappa shape index (κ2) is 3.57. The third kappa shape index (κ3) is 1.74. The quantitative estimate of drug-likeness (QED) is 0.578. The number of non-ortho nitro benzene ring substituents is 1. The maximum Gasteiger partial charge on any atom is 0.269 e. The van der Waals surface area contributed by atoms with Crippen molar-refractivity contribution in [2.24, 2.45) is 5.10 Å². The normalized spacial score (nSPS) is 23.8. The summed E-state index contributed by atoms with van der Waals surface area (Å²) in [5.41, 5.74) is 2.75. The van der Waals surface area contributed by atoms with Crippen molar-refractivity contribution in [3.05, 3.63) is 39.9 Å². The Morgan fingerprint density at radius 2 is 2.12 bits per heavy atom. The molecule has 1 heterocycles. The Morgan fingerprint density at radius 3 is 2.56 bits per heavy atom. The van der Waals surface area contributed by atoms with Gasteiger partial charge in [-0.25, -0.2) is 0 Å². The molecule has 1 aromatic carbocycles. The molecule has 0 saturated carbocycles. The van der Waals surface area contributed by atoms with Crippen molar-refractivity contribution in [3.63, 3.8) is 0 Å². The summed E-state index contributed by atoms with van der Waals surface area (Å²) < 4.78 is 0. The Labute approximate surface area is 91.7 Å². The lowest BCUT2D eigenvalue weighted by atomic mass is 9.99. The van der Waals surface area contributed by atoms with E-state index >= 15 is 0 Å². The van der Waals surface area contributed by atoms with E-state index in [9.17, 15) is 15.2 Å². The highest BCUT2D eigenvalue weighted by Crippen LogP contribution is 2.27. The fourth-order valence-corrected chi connectivity index (χ4v) is 1.66. The molecule has 0 bridgehead atoms. The van der Waals surface area contributed by atoms with Gasteiger partial charge in [0.25, 0.3) is 5.69 Å². The van der Waals surface area contributed by atoms with Crippen molar-refractivity contribution in [3.8, 4) is 0 Å². The van der Waals surface area contributed by atoms with Crippen molar-refractivity contribution in [1.82, 2.24) is 5.43 Å². The number of nitro groups is 1. The number of nitro benzene ring substituents is 1. The number of rotatable bonds is 2. The van der Waals surface area contributed by atoms with Gasteiger partial charge in [0, 0.05) is 29.8 Å². The van der Waals surface area contributed by atoms with E-state index in [0.29, 0.717) is 12.0 Å². The Morgan fingerprint density at radius 1 is 1.50 bits per heavy atom. The molecule has 1 aliphatic rings. The Bertz CT molecular complexity index is 455. The summed E-state index contributed by atoms with van der Waals surface area (Å²) in [6.45, 7) is 1.80. The first kappa shape index (κ1) is 10.6. The summed E-state index contributed by atoms with van der Waals surface area (Å²) >= 11 is 0. The van der Waals surface area contributed by atoms with Gasteiger partial charge >= 0.3 is 0 Å². The number of hydrazone groups is 1. The molecule has 6 heteroatoms. The highest BCUT2D eigenvalue weighted by molar-refractivity contribution is 5.84. The smallest absolute Gasteiger partial charge is 0.269 e. The van der Waals surface area contributed by atoms with Crippen LogP contribution in [0.4, 0.5) is 5.69 Å². The standard InChI is InChI=1S/C10H11N3O3/c1-7-6-10(14,12-11-7)8-2-4-9(5-3-8)13(15)16/h2-5,12,14H,6H2,1H3. The van der Waals surface area contributed by atoms with Crippen LogP contribution in [0, 0.1) is 10.1 Å². The van der Waals surface area contributed by atoms with Crippen molar-refractivity contribution < 1.29 is 10.0 Å². The van der Waals surface area contributed by atoms with Gasteiger partial charge in [-0.2, -0.15) is 5.10 Å². The molecule has 1 unspecified atom stereocenters. The first-order chi connectivity index (χ1) is 7.51. The van der Waals surface area contributed by atoms with Crippen LogP contribution in [0.2, 0.25) is 0 Å². The number of nitrogens with one attached hydrogen (secondary N) is 1. The fourth-order valence-electron chi connectivity index (χ4n) is 1.66. The summed E-state index contributed by atoms with van der Waals surface area (Å²) in [6.07, 6.45) is 0.380. The van der Waals surface area contributed by atoms with Crippen LogP contribution in [0.25, 0.3) is 0 Å². The molecule has 0 aliphatic carbocycles. The molecule has 0 saturated heterocycles. The molecular formula is C10H11N3O3. The van der Waals surface area contributed by atoms with E-state index in [2.05, 4.69) is 10.5 Å². The topological polar surface area (TPSA) is 87.8 Å². The van der Waals surface area contributed by atoms with Crippen LogP contribution in [-0.4, -0.2) is 15.7 Å². The second-order valence-corrected chi connectivity index (χ2v) is 3.80. The first-order valence-electron chi connectivity index (χ1n) is 4.79. The maximum absolute atomic E-state index is 10.5. The predicted octanol–water partition coefficient (Wildman–Crippen LogP) is 1.11. The third-order valence-corrected chi connectivity index (χ3v) is 2.50. The van der Waals surface area contributed by atoms with Gasteiger partial charge in [0.2, 0.25) is 0 Å². The largest absolute Gasteiger partial charge is 0.365 e. The van der Waals surface area contributed by atoms with Gasteiger partial charge in [-0.15, -0.1) is 0 Å². The van der Waals surface area contributed by atoms with Crippen molar-refractivity contribution >= 4 is 11.4 Å². The number of aliphatic hydroxyl groups is 1. The summed E-state index contributed by atoms with van der Waals surface area (Å²) in [5, 5.41) is 24.5. The molecule has 0 amide bonds. The van der Waals surface area contributed by atoms with Crippen molar-refractivity contribution in [2.75, 3.05) is 0 Å². The number of nitrogens with zero attached hydrogens (tertiary/aromatic N) is 2. The summed E-state index contributed by atoms with van der Waals surface area (Å²) in [6, 6.07) is 5.78. The van der Waals surface area contributed by atoms with Crippen molar-refractivity contribution in [2.45, 2.75) is 19.1 Å². The van der Waals surface area contributed by atoms with Crippen LogP contribution in [0.5, 0.6) is 0 Å². The minimum absolute atomic E-state index is 0.00277. The van der Waals surface area contributed by atoms with Gasteiger partial charge in [-0.05, 0) is 19.1 Å². The number of benzene rings is 1. The summed E-state index contributed by atoms with van der Waals surface area (Å²) in [7, 11) is 0. The molecule has 0 fully saturated rings. The second-order valence-electron chi connectivity index (χ2n) is 3.80. The Kier molecular flexibility index (Phi) is 2.35. The molecule has 1 aromatic rings. The third-order valence-electron chi connectivity index (χ3n) is 2.50. The molecule has 0 aromatic heterocycles. The summed E-state index contributed by atoms with van der Waals surface area (Å²) in [4.78, 5) is 10.00. The SMILES string of the molecule is CC1=NNC(O)(c2ccc([N+](=O)[O-])cc2)C1. The molecule has 0 radical (unpaired) electrons. The van der Waals surface area contributed by atoms with E-state index < -0.39 is 10.6 Å². The molecule has 1 aliphatic heterocycles. The van der Waals surface area contributed by atoms with Gasteiger partial charge in [0.15, 0.2) is 5.72 Å². The average molecular weight is 221 g/mol. The van der Waals surface area contributed by atoms with Crippen LogP contribution >= 0.6 is 0 Å². The van der Waals surface area contributed by atoms with Crippen molar-refractivity contribution in [1.29, 1.82) is 0 Å². The zero-order valence-corrected chi connectivity index (χ0v) is 8.67. The molecule has 16 heavy (non-hydrogen) atoms. The lowest BCUT2D eigenvalue weighted by Gasteiger charge is -2.22. The molecule has 0 spiro atoms. The summed E-state index contributed by atoms with van der Waals surface area (Å²) in [5.74, 6) is 0. The molecular weight excluding hydrogens is 210 g/mol. The maximum atomic E-state index is 10.5. The minimum Gasteiger partial charge on any atom is -0.365 e. The van der Waals surface area contributed by atoms with Crippen LogP contribution in [0.15, 0.2) is 29.4 Å². The monoisotopic (exact) mass is 221 g/mol. The highest BCUT2D eigenvalue weighted by atomic mass is 16.6. The van der Waals surface area contributed by atoms with Gasteiger partial charge in [0.05, 0.1) is 4.92 Å². The van der Waals surface area contributed by atoms with Crippen LogP contribution in [-0.2, 0) is 5.72 Å².